The fourth-order valence-electron chi connectivity index (χ4n) is 1.31. The lowest BCUT2D eigenvalue weighted by atomic mass is 10.2. The topological polar surface area (TPSA) is 59.1 Å². The number of hydrogen-bond donors (Lipinski definition) is 2. The average molecular weight is 299 g/mol. The van der Waals surface area contributed by atoms with Gasteiger partial charge in [0.15, 0.2) is 0 Å². The maximum Gasteiger partial charge on any atom is 0.124 e. The Morgan fingerprint density at radius 2 is 2.19 bits per heavy atom. The van der Waals surface area contributed by atoms with Crippen LogP contribution in [0.4, 0.5) is 0 Å². The Balaban J connectivity index is 2.35. The molecule has 1 atom stereocenters. The number of aliphatic hydroxyl groups is 1. The highest BCUT2D eigenvalue weighted by Gasteiger charge is 2.11. The molecule has 0 saturated carbocycles. The van der Waals surface area contributed by atoms with Crippen molar-refractivity contribution in [3.63, 3.8) is 0 Å². The summed E-state index contributed by atoms with van der Waals surface area (Å²) in [4.78, 5) is 4.42. The van der Waals surface area contributed by atoms with Gasteiger partial charge in [0.1, 0.15) is 5.01 Å². The third-order valence-corrected chi connectivity index (χ3v) is 3.79. The van der Waals surface area contributed by atoms with Gasteiger partial charge in [0.05, 0.1) is 18.3 Å². The first kappa shape index (κ1) is 11.7. The quantitative estimate of drug-likeness (QED) is 0.915. The molecule has 0 aliphatic heterocycles. The first-order valence-electron chi connectivity index (χ1n) is 4.79. The zero-order valence-electron chi connectivity index (χ0n) is 8.43. The molecule has 0 saturated heterocycles. The van der Waals surface area contributed by atoms with E-state index in [1.54, 1.807) is 0 Å². The number of rotatable bonds is 3. The molecule has 16 heavy (non-hydrogen) atoms. The molecule has 3 nitrogen and oxygen atoms in total. The fraction of sp³-hybridized carbons (Fsp3) is 0.182. The number of benzene rings is 1. The van der Waals surface area contributed by atoms with E-state index < -0.39 is 6.04 Å². The van der Waals surface area contributed by atoms with Crippen LogP contribution in [-0.2, 0) is 0 Å². The minimum atomic E-state index is -0.396. The van der Waals surface area contributed by atoms with E-state index in [0.717, 1.165) is 20.7 Å². The molecular weight excluding hydrogens is 288 g/mol. The highest BCUT2D eigenvalue weighted by Crippen LogP contribution is 2.31. The summed E-state index contributed by atoms with van der Waals surface area (Å²) in [5.74, 6) is 0. The maximum absolute atomic E-state index is 8.95. The molecule has 2 rings (SSSR count). The van der Waals surface area contributed by atoms with Crippen LogP contribution in [0.15, 0.2) is 34.1 Å². The highest BCUT2D eigenvalue weighted by molar-refractivity contribution is 9.10. The molecule has 3 N–H and O–H groups in total. The van der Waals surface area contributed by atoms with Crippen LogP contribution in [0, 0.1) is 0 Å². The molecule has 0 aliphatic rings. The number of thiazole rings is 1. The molecule has 5 heteroatoms. The first-order chi connectivity index (χ1) is 7.72. The van der Waals surface area contributed by atoms with Crippen molar-refractivity contribution in [2.24, 2.45) is 5.73 Å². The van der Waals surface area contributed by atoms with Crippen LogP contribution in [0.5, 0.6) is 0 Å². The maximum atomic E-state index is 8.95. The van der Waals surface area contributed by atoms with E-state index in [0.29, 0.717) is 0 Å². The van der Waals surface area contributed by atoms with E-state index in [1.807, 2.05) is 29.6 Å². The molecule has 0 bridgehead atoms. The van der Waals surface area contributed by atoms with Gasteiger partial charge in [-0.05, 0) is 6.07 Å². The molecule has 0 amide bonds. The summed E-state index contributed by atoms with van der Waals surface area (Å²) in [5.41, 5.74) is 7.49. The van der Waals surface area contributed by atoms with Crippen LogP contribution < -0.4 is 5.73 Å². The minimum Gasteiger partial charge on any atom is -0.394 e. The predicted molar refractivity (Wildman–Crippen MR) is 69.3 cm³/mol. The number of halogens is 1. The molecule has 2 aromatic rings. The normalized spacial score (nSPS) is 12.7. The second-order valence-electron chi connectivity index (χ2n) is 3.35. The molecule has 0 aliphatic carbocycles. The molecule has 0 radical (unpaired) electrons. The number of aromatic nitrogens is 1. The molecular formula is C11H11BrN2OS. The van der Waals surface area contributed by atoms with E-state index in [1.165, 1.54) is 11.3 Å². The second kappa shape index (κ2) is 5.05. The lowest BCUT2D eigenvalue weighted by molar-refractivity contribution is 0.266. The number of nitrogens with zero attached hydrogens (tertiary/aromatic N) is 1. The Hall–Kier alpha value is -0.750. The standard InChI is InChI=1S/C11H11BrN2OS/c12-8-4-2-1-3-7(8)11-14-10(6-16-11)9(13)5-15/h1-4,6,9,15H,5,13H2. The van der Waals surface area contributed by atoms with Gasteiger partial charge in [-0.2, -0.15) is 0 Å². The van der Waals surface area contributed by atoms with E-state index in [9.17, 15) is 0 Å². The van der Waals surface area contributed by atoms with E-state index in [2.05, 4.69) is 20.9 Å². The predicted octanol–water partition coefficient (Wildman–Crippen LogP) is 2.56. The van der Waals surface area contributed by atoms with Crippen LogP contribution in [0.3, 0.4) is 0 Å². The van der Waals surface area contributed by atoms with Gasteiger partial charge in [-0.1, -0.05) is 34.1 Å². The van der Waals surface area contributed by atoms with Gasteiger partial charge in [0.2, 0.25) is 0 Å². The van der Waals surface area contributed by atoms with Crippen molar-refractivity contribution in [1.82, 2.24) is 4.98 Å². The number of nitrogens with two attached hydrogens (primary N) is 1. The summed E-state index contributed by atoms with van der Waals surface area (Å²) >= 11 is 5.01. The molecule has 1 heterocycles. The van der Waals surface area contributed by atoms with Crippen LogP contribution in [-0.4, -0.2) is 16.7 Å². The third kappa shape index (κ3) is 2.32. The van der Waals surface area contributed by atoms with Gasteiger partial charge < -0.3 is 10.8 Å². The van der Waals surface area contributed by atoms with Crippen molar-refractivity contribution in [2.75, 3.05) is 6.61 Å². The Labute approximate surface area is 106 Å². The lowest BCUT2D eigenvalue weighted by Gasteiger charge is -2.03. The van der Waals surface area contributed by atoms with Gasteiger partial charge >= 0.3 is 0 Å². The van der Waals surface area contributed by atoms with E-state index >= 15 is 0 Å². The van der Waals surface area contributed by atoms with Crippen LogP contribution in [0.25, 0.3) is 10.6 Å². The molecule has 84 valence electrons. The lowest BCUT2D eigenvalue weighted by Crippen LogP contribution is -2.14. The Morgan fingerprint density at radius 1 is 1.44 bits per heavy atom. The third-order valence-electron chi connectivity index (χ3n) is 2.20. The monoisotopic (exact) mass is 298 g/mol. The summed E-state index contributed by atoms with van der Waals surface area (Å²) in [6.45, 7) is -0.0842. The van der Waals surface area contributed by atoms with Crippen molar-refractivity contribution in [2.45, 2.75) is 6.04 Å². The van der Waals surface area contributed by atoms with Crippen molar-refractivity contribution in [3.05, 3.63) is 39.8 Å². The second-order valence-corrected chi connectivity index (χ2v) is 5.06. The molecule has 0 fully saturated rings. The average Bonchev–Trinajstić information content (AvgIpc) is 2.78. The van der Waals surface area contributed by atoms with Crippen LogP contribution >= 0.6 is 27.3 Å². The van der Waals surface area contributed by atoms with Crippen molar-refractivity contribution >= 4 is 27.3 Å². The smallest absolute Gasteiger partial charge is 0.124 e. The summed E-state index contributed by atoms with van der Waals surface area (Å²) in [5, 5.41) is 11.7. The first-order valence-corrected chi connectivity index (χ1v) is 6.46. The van der Waals surface area contributed by atoms with Crippen molar-refractivity contribution < 1.29 is 5.11 Å². The number of aliphatic hydroxyl groups excluding tert-OH is 1. The Kier molecular flexibility index (Phi) is 3.70. The van der Waals surface area contributed by atoms with Gasteiger partial charge in [0.25, 0.3) is 0 Å². The van der Waals surface area contributed by atoms with Gasteiger partial charge in [0, 0.05) is 15.4 Å². The highest BCUT2D eigenvalue weighted by atomic mass is 79.9. The van der Waals surface area contributed by atoms with Gasteiger partial charge in [-0.25, -0.2) is 4.98 Å². The SMILES string of the molecule is NC(CO)c1csc(-c2ccccc2Br)n1. The largest absolute Gasteiger partial charge is 0.394 e. The Morgan fingerprint density at radius 3 is 2.88 bits per heavy atom. The summed E-state index contributed by atoms with van der Waals surface area (Å²) < 4.78 is 1.01. The molecule has 0 spiro atoms. The molecule has 1 aromatic carbocycles. The van der Waals surface area contributed by atoms with Gasteiger partial charge in [-0.15, -0.1) is 11.3 Å². The van der Waals surface area contributed by atoms with Crippen LogP contribution in [0.2, 0.25) is 0 Å². The number of hydrogen-bond acceptors (Lipinski definition) is 4. The zero-order valence-corrected chi connectivity index (χ0v) is 10.8. The van der Waals surface area contributed by atoms with E-state index in [4.69, 9.17) is 10.8 Å². The Bertz CT molecular complexity index is 486. The summed E-state index contributed by atoms with van der Waals surface area (Å²) in [6, 6.07) is 7.50. The van der Waals surface area contributed by atoms with Gasteiger partial charge in [-0.3, -0.25) is 0 Å². The molecule has 1 aromatic heterocycles. The van der Waals surface area contributed by atoms with Crippen molar-refractivity contribution in [1.29, 1.82) is 0 Å². The van der Waals surface area contributed by atoms with E-state index in [-0.39, 0.29) is 6.61 Å². The minimum absolute atomic E-state index is 0.0842. The fourth-order valence-corrected chi connectivity index (χ4v) is 2.84. The molecule has 1 unspecified atom stereocenters. The van der Waals surface area contributed by atoms with Crippen molar-refractivity contribution in [3.8, 4) is 10.6 Å². The summed E-state index contributed by atoms with van der Waals surface area (Å²) in [6.07, 6.45) is 0. The zero-order chi connectivity index (χ0) is 11.5. The summed E-state index contributed by atoms with van der Waals surface area (Å²) in [7, 11) is 0. The van der Waals surface area contributed by atoms with Crippen LogP contribution in [0.1, 0.15) is 11.7 Å².